The van der Waals surface area contributed by atoms with Crippen LogP contribution < -0.4 is 5.32 Å². The van der Waals surface area contributed by atoms with Crippen LogP contribution in [0.15, 0.2) is 53.6 Å². The maximum absolute atomic E-state index is 12.6. The molecule has 2 rings (SSSR count). The molecule has 0 fully saturated rings. The first-order valence-electron chi connectivity index (χ1n) is 6.26. The Balaban J connectivity index is 2.11. The van der Waals surface area contributed by atoms with E-state index in [1.54, 1.807) is 18.3 Å². The van der Waals surface area contributed by atoms with Crippen LogP contribution in [-0.2, 0) is 16.3 Å². The number of sulfone groups is 1. The zero-order valence-electron chi connectivity index (χ0n) is 11.0. The van der Waals surface area contributed by atoms with E-state index in [4.69, 9.17) is 0 Å². The summed E-state index contributed by atoms with van der Waals surface area (Å²) >= 11 is 0. The average molecular weight is 312 g/mol. The van der Waals surface area contributed by atoms with Gasteiger partial charge in [0.1, 0.15) is 0 Å². The molecule has 0 amide bonds. The van der Waals surface area contributed by atoms with Crippen molar-refractivity contribution in [2.24, 2.45) is 0 Å². The number of halogens is 2. The summed E-state index contributed by atoms with van der Waals surface area (Å²) in [4.78, 5) is 3.74. The minimum Gasteiger partial charge on any atom is -0.384 e. The summed E-state index contributed by atoms with van der Waals surface area (Å²) in [5.74, 6) is -3.43. The van der Waals surface area contributed by atoms with Gasteiger partial charge in [0.25, 0.3) is 0 Å². The summed E-state index contributed by atoms with van der Waals surface area (Å²) in [6, 6.07) is 11.1. The molecule has 1 N–H and O–H groups in total. The van der Waals surface area contributed by atoms with E-state index in [0.29, 0.717) is 13.0 Å². The topological polar surface area (TPSA) is 59.1 Å². The Kier molecular flexibility index (Phi) is 4.85. The fourth-order valence-electron chi connectivity index (χ4n) is 1.83. The molecule has 4 nitrogen and oxygen atoms in total. The Bertz CT molecular complexity index is 691. The maximum Gasteiger partial charge on any atom is 0.341 e. The number of nitrogens with one attached hydrogen (secondary N) is 1. The number of anilines is 1. The van der Waals surface area contributed by atoms with Crippen LogP contribution >= 0.6 is 0 Å². The molecule has 112 valence electrons. The molecule has 0 saturated carbocycles. The van der Waals surface area contributed by atoms with E-state index >= 15 is 0 Å². The van der Waals surface area contributed by atoms with Crippen molar-refractivity contribution in [1.29, 1.82) is 0 Å². The number of rotatable bonds is 6. The smallest absolute Gasteiger partial charge is 0.341 e. The van der Waals surface area contributed by atoms with Gasteiger partial charge in [0, 0.05) is 24.9 Å². The summed E-state index contributed by atoms with van der Waals surface area (Å²) in [6.45, 7) is 0.396. The fraction of sp³-hybridized carbons (Fsp3) is 0.214. The van der Waals surface area contributed by atoms with Crippen LogP contribution in [0.5, 0.6) is 0 Å². The van der Waals surface area contributed by atoms with Crippen molar-refractivity contribution in [3.8, 4) is 0 Å². The molecule has 0 saturated heterocycles. The number of aromatic nitrogens is 1. The Labute approximate surface area is 121 Å². The Morgan fingerprint density at radius 3 is 2.48 bits per heavy atom. The lowest BCUT2D eigenvalue weighted by Gasteiger charge is -2.11. The number of alkyl halides is 2. The van der Waals surface area contributed by atoms with Crippen LogP contribution in [0.25, 0.3) is 0 Å². The number of pyridine rings is 1. The van der Waals surface area contributed by atoms with Crippen molar-refractivity contribution < 1.29 is 17.2 Å². The van der Waals surface area contributed by atoms with Gasteiger partial charge in [0.15, 0.2) is 0 Å². The van der Waals surface area contributed by atoms with Crippen LogP contribution in [-0.4, -0.2) is 25.7 Å². The van der Waals surface area contributed by atoms with Gasteiger partial charge < -0.3 is 5.32 Å². The molecule has 0 aliphatic rings. The summed E-state index contributed by atoms with van der Waals surface area (Å²) in [5.41, 5.74) is 1.01. The van der Waals surface area contributed by atoms with Gasteiger partial charge in [-0.2, -0.15) is 8.78 Å². The van der Waals surface area contributed by atoms with E-state index < -0.39 is 15.6 Å². The summed E-state index contributed by atoms with van der Waals surface area (Å²) < 4.78 is 48.4. The van der Waals surface area contributed by atoms with E-state index in [0.717, 1.165) is 5.69 Å². The highest BCUT2D eigenvalue weighted by Gasteiger charge is 2.28. The average Bonchev–Trinajstić information content (AvgIpc) is 2.48. The van der Waals surface area contributed by atoms with Crippen molar-refractivity contribution in [3.05, 3.63) is 54.4 Å². The lowest BCUT2D eigenvalue weighted by atomic mass is 10.2. The summed E-state index contributed by atoms with van der Waals surface area (Å²) in [5, 5.41) is 2.87. The Hall–Kier alpha value is -2.02. The van der Waals surface area contributed by atoms with Crippen LogP contribution in [0.3, 0.4) is 0 Å². The quantitative estimate of drug-likeness (QED) is 0.891. The van der Waals surface area contributed by atoms with E-state index in [1.165, 1.54) is 18.2 Å². The van der Waals surface area contributed by atoms with Gasteiger partial charge in [-0.05, 0) is 24.3 Å². The first-order valence-corrected chi connectivity index (χ1v) is 7.81. The van der Waals surface area contributed by atoms with Crippen molar-refractivity contribution in [2.75, 3.05) is 11.9 Å². The fourth-order valence-corrected chi connectivity index (χ4v) is 2.73. The molecule has 1 heterocycles. The van der Waals surface area contributed by atoms with Gasteiger partial charge in [-0.1, -0.05) is 18.2 Å². The molecule has 0 aliphatic carbocycles. The predicted molar refractivity (Wildman–Crippen MR) is 76.1 cm³/mol. The van der Waals surface area contributed by atoms with Crippen LogP contribution in [0.1, 0.15) is 5.69 Å². The molecule has 0 spiro atoms. The lowest BCUT2D eigenvalue weighted by Crippen LogP contribution is -2.15. The SMILES string of the molecule is O=S(=O)(c1ccccc1NCCc1ccccn1)C(F)F. The Morgan fingerprint density at radius 2 is 1.81 bits per heavy atom. The molecule has 0 unspecified atom stereocenters. The molecule has 1 aromatic carbocycles. The Morgan fingerprint density at radius 1 is 1.10 bits per heavy atom. The predicted octanol–water partition coefficient (Wildman–Crippen LogP) is 2.73. The second kappa shape index (κ2) is 6.62. The van der Waals surface area contributed by atoms with E-state index in [1.807, 2.05) is 12.1 Å². The molecule has 0 radical (unpaired) electrons. The third-order valence-corrected chi connectivity index (χ3v) is 4.29. The highest BCUT2D eigenvalue weighted by Crippen LogP contribution is 2.25. The van der Waals surface area contributed by atoms with E-state index in [9.17, 15) is 17.2 Å². The molecule has 0 aliphatic heterocycles. The van der Waals surface area contributed by atoms with Crippen LogP contribution in [0.2, 0.25) is 0 Å². The zero-order valence-corrected chi connectivity index (χ0v) is 11.9. The molecular weight excluding hydrogens is 298 g/mol. The third-order valence-electron chi connectivity index (χ3n) is 2.85. The lowest BCUT2D eigenvalue weighted by molar-refractivity contribution is 0.235. The minimum atomic E-state index is -4.61. The van der Waals surface area contributed by atoms with Crippen LogP contribution in [0.4, 0.5) is 14.5 Å². The van der Waals surface area contributed by atoms with Gasteiger partial charge in [-0.15, -0.1) is 0 Å². The van der Waals surface area contributed by atoms with Gasteiger partial charge >= 0.3 is 5.76 Å². The van der Waals surface area contributed by atoms with Gasteiger partial charge in [-0.3, -0.25) is 4.98 Å². The van der Waals surface area contributed by atoms with E-state index in [-0.39, 0.29) is 10.6 Å². The monoisotopic (exact) mass is 312 g/mol. The third kappa shape index (κ3) is 3.75. The summed E-state index contributed by atoms with van der Waals surface area (Å²) in [7, 11) is -4.61. The molecule has 0 atom stereocenters. The van der Waals surface area contributed by atoms with Crippen LogP contribution in [0, 0.1) is 0 Å². The maximum atomic E-state index is 12.6. The van der Waals surface area contributed by atoms with Crippen molar-refractivity contribution in [3.63, 3.8) is 0 Å². The molecule has 0 bridgehead atoms. The standard InChI is InChI=1S/C14H14F2N2O2S/c15-14(16)21(19,20)13-7-2-1-6-12(13)18-10-8-11-5-3-4-9-17-11/h1-7,9,14,18H,8,10H2. The number of nitrogens with zero attached hydrogens (tertiary/aromatic N) is 1. The second-order valence-corrected chi connectivity index (χ2v) is 6.19. The number of hydrogen-bond donors (Lipinski definition) is 1. The summed E-state index contributed by atoms with van der Waals surface area (Å²) in [6.07, 6.45) is 2.22. The van der Waals surface area contributed by atoms with Gasteiger partial charge in [-0.25, -0.2) is 8.42 Å². The van der Waals surface area contributed by atoms with Crippen molar-refractivity contribution in [2.45, 2.75) is 17.1 Å². The number of hydrogen-bond acceptors (Lipinski definition) is 4. The highest BCUT2D eigenvalue weighted by molar-refractivity contribution is 7.91. The number of para-hydroxylation sites is 1. The first kappa shape index (κ1) is 15.4. The van der Waals surface area contributed by atoms with Crippen molar-refractivity contribution in [1.82, 2.24) is 4.98 Å². The van der Waals surface area contributed by atoms with Crippen molar-refractivity contribution >= 4 is 15.5 Å². The molecule has 21 heavy (non-hydrogen) atoms. The first-order chi connectivity index (χ1) is 10.0. The van der Waals surface area contributed by atoms with E-state index in [2.05, 4.69) is 10.3 Å². The molecule has 1 aromatic heterocycles. The normalized spacial score (nSPS) is 11.6. The van der Waals surface area contributed by atoms with Gasteiger partial charge in [0.05, 0.1) is 10.6 Å². The van der Waals surface area contributed by atoms with Gasteiger partial charge in [0.2, 0.25) is 9.84 Å². The molecule has 2 aromatic rings. The molecule has 7 heteroatoms. The largest absolute Gasteiger partial charge is 0.384 e. The highest BCUT2D eigenvalue weighted by atomic mass is 32.2. The minimum absolute atomic E-state index is 0.175. The zero-order chi connectivity index (χ0) is 15.3. The second-order valence-electron chi connectivity index (χ2n) is 4.30. The number of benzene rings is 1. The molecular formula is C14H14F2N2O2S.